The first-order chi connectivity index (χ1) is 6.68. The summed E-state index contributed by atoms with van der Waals surface area (Å²) in [6.07, 6.45) is 1.54. The molecular weight excluding hydrogens is 223 g/mol. The predicted octanol–water partition coefficient (Wildman–Crippen LogP) is 3.18. The molecule has 0 saturated carbocycles. The number of thiazole rings is 1. The Balaban J connectivity index is 2.57. The molecule has 2 rings (SSSR count). The van der Waals surface area contributed by atoms with Crippen LogP contribution in [0.5, 0.6) is 0 Å². The molecule has 0 unspecified atom stereocenters. The lowest BCUT2D eigenvalue weighted by atomic mass is 10.2. The van der Waals surface area contributed by atoms with Crippen LogP contribution in [0.3, 0.4) is 0 Å². The third-order valence-electron chi connectivity index (χ3n) is 1.74. The molecule has 0 aliphatic carbocycles. The molecule has 1 aromatic heterocycles. The maximum Gasteiger partial charge on any atom is 0.180 e. The molecule has 0 amide bonds. The molecule has 14 heavy (non-hydrogen) atoms. The highest BCUT2D eigenvalue weighted by atomic mass is 35.5. The van der Waals surface area contributed by atoms with Gasteiger partial charge in [0.05, 0.1) is 9.90 Å². The molecule has 0 bridgehead atoms. The van der Waals surface area contributed by atoms with Gasteiger partial charge in [-0.3, -0.25) is 0 Å². The minimum atomic E-state index is -0.433. The Labute approximate surface area is 89.2 Å². The van der Waals surface area contributed by atoms with E-state index in [2.05, 4.69) is 4.98 Å². The highest BCUT2D eigenvalue weighted by Crippen LogP contribution is 2.31. The molecule has 0 fully saturated rings. The lowest BCUT2D eigenvalue weighted by Gasteiger charge is -1.99. The lowest BCUT2D eigenvalue weighted by Crippen LogP contribution is -1.81. The second kappa shape index (κ2) is 3.55. The van der Waals surface area contributed by atoms with Gasteiger partial charge in [0, 0.05) is 11.8 Å². The van der Waals surface area contributed by atoms with E-state index in [-0.39, 0.29) is 5.02 Å². The Hall–Kier alpha value is -1.13. The summed E-state index contributed by atoms with van der Waals surface area (Å²) >= 11 is 6.88. The third kappa shape index (κ3) is 1.58. The van der Waals surface area contributed by atoms with Crippen LogP contribution in [-0.2, 0) is 0 Å². The van der Waals surface area contributed by atoms with E-state index in [0.717, 1.165) is 0 Å². The molecule has 5 heteroatoms. The van der Waals surface area contributed by atoms with Gasteiger partial charge in [-0.25, -0.2) is 9.37 Å². The molecule has 0 aliphatic rings. The number of nitrogen functional groups attached to an aromatic ring is 1. The topological polar surface area (TPSA) is 38.9 Å². The summed E-state index contributed by atoms with van der Waals surface area (Å²) in [6, 6.07) is 4.84. The average molecular weight is 229 g/mol. The SMILES string of the molecule is Nc1ncc(-c2cccc(Cl)c2F)s1. The number of anilines is 1. The average Bonchev–Trinajstić information content (AvgIpc) is 2.57. The van der Waals surface area contributed by atoms with Crippen molar-refractivity contribution >= 4 is 28.1 Å². The van der Waals surface area contributed by atoms with Crippen LogP contribution < -0.4 is 5.73 Å². The first-order valence-electron chi connectivity index (χ1n) is 3.84. The Bertz CT molecular complexity index is 470. The van der Waals surface area contributed by atoms with E-state index in [1.54, 1.807) is 12.1 Å². The van der Waals surface area contributed by atoms with Crippen molar-refractivity contribution in [1.29, 1.82) is 0 Å². The number of benzene rings is 1. The van der Waals surface area contributed by atoms with E-state index in [9.17, 15) is 4.39 Å². The zero-order valence-corrected chi connectivity index (χ0v) is 8.57. The minimum Gasteiger partial charge on any atom is -0.375 e. The van der Waals surface area contributed by atoms with E-state index in [4.69, 9.17) is 17.3 Å². The van der Waals surface area contributed by atoms with Gasteiger partial charge in [0.1, 0.15) is 5.82 Å². The number of rotatable bonds is 1. The van der Waals surface area contributed by atoms with Crippen molar-refractivity contribution in [3.05, 3.63) is 35.2 Å². The van der Waals surface area contributed by atoms with Crippen LogP contribution in [0.4, 0.5) is 9.52 Å². The van der Waals surface area contributed by atoms with Crippen molar-refractivity contribution in [3.8, 4) is 10.4 Å². The van der Waals surface area contributed by atoms with Gasteiger partial charge in [-0.15, -0.1) is 0 Å². The molecular formula is C9H6ClFN2S. The second-order valence-electron chi connectivity index (χ2n) is 2.66. The normalized spacial score (nSPS) is 10.4. The molecule has 1 aromatic carbocycles. The van der Waals surface area contributed by atoms with Crippen molar-refractivity contribution in [3.63, 3.8) is 0 Å². The van der Waals surface area contributed by atoms with Crippen molar-refractivity contribution in [1.82, 2.24) is 4.98 Å². The molecule has 1 heterocycles. The molecule has 2 aromatic rings. The monoisotopic (exact) mass is 228 g/mol. The number of aromatic nitrogens is 1. The van der Waals surface area contributed by atoms with Crippen molar-refractivity contribution in [2.45, 2.75) is 0 Å². The smallest absolute Gasteiger partial charge is 0.180 e. The fourth-order valence-electron chi connectivity index (χ4n) is 1.11. The number of hydrogen-bond acceptors (Lipinski definition) is 3. The van der Waals surface area contributed by atoms with E-state index < -0.39 is 5.82 Å². The Morgan fingerprint density at radius 1 is 1.43 bits per heavy atom. The summed E-state index contributed by atoms with van der Waals surface area (Å²) in [5.74, 6) is -0.433. The van der Waals surface area contributed by atoms with Gasteiger partial charge in [0.25, 0.3) is 0 Å². The summed E-state index contributed by atoms with van der Waals surface area (Å²) in [5, 5.41) is 0.522. The highest BCUT2D eigenvalue weighted by molar-refractivity contribution is 7.18. The molecule has 0 aliphatic heterocycles. The van der Waals surface area contributed by atoms with Crippen molar-refractivity contribution < 1.29 is 4.39 Å². The number of halogens is 2. The summed E-state index contributed by atoms with van der Waals surface area (Å²) in [4.78, 5) is 4.53. The summed E-state index contributed by atoms with van der Waals surface area (Å²) in [6.45, 7) is 0. The fraction of sp³-hybridized carbons (Fsp3) is 0. The first kappa shape index (κ1) is 9.43. The van der Waals surface area contributed by atoms with Gasteiger partial charge in [-0.05, 0) is 6.07 Å². The Morgan fingerprint density at radius 3 is 2.86 bits per heavy atom. The van der Waals surface area contributed by atoms with Gasteiger partial charge in [0.15, 0.2) is 5.13 Å². The quantitative estimate of drug-likeness (QED) is 0.814. The molecule has 0 atom stereocenters. The zero-order chi connectivity index (χ0) is 10.1. The summed E-state index contributed by atoms with van der Waals surface area (Å²) in [7, 11) is 0. The van der Waals surface area contributed by atoms with Gasteiger partial charge < -0.3 is 5.73 Å². The molecule has 0 spiro atoms. The Morgan fingerprint density at radius 2 is 2.21 bits per heavy atom. The largest absolute Gasteiger partial charge is 0.375 e. The van der Waals surface area contributed by atoms with E-state index >= 15 is 0 Å². The Kier molecular flexibility index (Phi) is 2.39. The first-order valence-corrected chi connectivity index (χ1v) is 5.03. The summed E-state index contributed by atoms with van der Waals surface area (Å²) < 4.78 is 13.5. The van der Waals surface area contributed by atoms with Gasteiger partial charge in [-0.2, -0.15) is 0 Å². The van der Waals surface area contributed by atoms with Crippen LogP contribution in [-0.4, -0.2) is 4.98 Å². The maximum absolute atomic E-state index is 13.5. The summed E-state index contributed by atoms with van der Waals surface area (Å²) in [5.41, 5.74) is 5.89. The molecule has 0 radical (unpaired) electrons. The minimum absolute atomic E-state index is 0.106. The van der Waals surface area contributed by atoms with E-state index in [1.165, 1.54) is 23.6 Å². The van der Waals surface area contributed by atoms with Crippen LogP contribution >= 0.6 is 22.9 Å². The van der Waals surface area contributed by atoms with Crippen molar-refractivity contribution in [2.24, 2.45) is 0 Å². The van der Waals surface area contributed by atoms with Gasteiger partial charge >= 0.3 is 0 Å². The number of hydrogen-bond donors (Lipinski definition) is 1. The van der Waals surface area contributed by atoms with Crippen LogP contribution in [0, 0.1) is 5.82 Å². The molecule has 0 saturated heterocycles. The number of nitrogens with zero attached hydrogens (tertiary/aromatic N) is 1. The second-order valence-corrected chi connectivity index (χ2v) is 4.13. The predicted molar refractivity (Wildman–Crippen MR) is 56.9 cm³/mol. The van der Waals surface area contributed by atoms with Crippen molar-refractivity contribution in [2.75, 3.05) is 5.73 Å². The molecule has 2 N–H and O–H groups in total. The molecule has 72 valence electrons. The highest BCUT2D eigenvalue weighted by Gasteiger charge is 2.10. The standard InChI is InChI=1S/C9H6ClFN2S/c10-6-3-1-2-5(8(6)11)7-4-13-9(12)14-7/h1-4H,(H2,12,13). The lowest BCUT2D eigenvalue weighted by molar-refractivity contribution is 0.632. The van der Waals surface area contributed by atoms with Crippen LogP contribution in [0.15, 0.2) is 24.4 Å². The van der Waals surface area contributed by atoms with Crippen LogP contribution in [0.25, 0.3) is 10.4 Å². The van der Waals surface area contributed by atoms with Gasteiger partial charge in [-0.1, -0.05) is 35.1 Å². The number of nitrogens with two attached hydrogens (primary N) is 1. The fourth-order valence-corrected chi connectivity index (χ4v) is 1.98. The van der Waals surface area contributed by atoms with Crippen LogP contribution in [0.2, 0.25) is 5.02 Å². The zero-order valence-electron chi connectivity index (χ0n) is 7.00. The van der Waals surface area contributed by atoms with Crippen LogP contribution in [0.1, 0.15) is 0 Å². The maximum atomic E-state index is 13.5. The third-order valence-corrected chi connectivity index (χ3v) is 2.89. The van der Waals surface area contributed by atoms with E-state index in [0.29, 0.717) is 15.6 Å². The van der Waals surface area contributed by atoms with Gasteiger partial charge in [0.2, 0.25) is 0 Å². The molecule has 2 nitrogen and oxygen atoms in total. The van der Waals surface area contributed by atoms with E-state index in [1.807, 2.05) is 0 Å².